The number of rotatable bonds is 9. The summed E-state index contributed by atoms with van der Waals surface area (Å²) >= 11 is 0. The van der Waals surface area contributed by atoms with E-state index in [0.29, 0.717) is 17.9 Å². The van der Waals surface area contributed by atoms with Crippen molar-refractivity contribution in [2.75, 3.05) is 20.3 Å². The molecule has 1 aliphatic carbocycles. The van der Waals surface area contributed by atoms with Crippen molar-refractivity contribution in [2.45, 2.75) is 44.7 Å². The Balaban J connectivity index is 1.46. The third-order valence-corrected chi connectivity index (χ3v) is 7.31. The number of alkyl halides is 3. The van der Waals surface area contributed by atoms with Gasteiger partial charge in [0.1, 0.15) is 5.75 Å². The van der Waals surface area contributed by atoms with Crippen molar-refractivity contribution in [1.82, 2.24) is 5.32 Å². The summed E-state index contributed by atoms with van der Waals surface area (Å²) in [7, 11) is 1.31. The first-order valence-electron chi connectivity index (χ1n) is 13.0. The maximum Gasteiger partial charge on any atom is 0.416 e. The van der Waals surface area contributed by atoms with E-state index in [0.717, 1.165) is 52.8 Å². The fourth-order valence-corrected chi connectivity index (χ4v) is 5.11. The molecule has 0 saturated heterocycles. The first-order valence-corrected chi connectivity index (χ1v) is 13.0. The number of ether oxygens (including phenoxy) is 2. The molecule has 0 fully saturated rings. The van der Waals surface area contributed by atoms with Crippen molar-refractivity contribution >= 4 is 11.9 Å². The molecule has 0 heterocycles. The van der Waals surface area contributed by atoms with E-state index in [2.05, 4.69) is 22.2 Å². The molecule has 1 N–H and O–H groups in total. The maximum absolute atomic E-state index is 13.0. The summed E-state index contributed by atoms with van der Waals surface area (Å²) < 4.78 is 49.9. The molecule has 0 bridgehead atoms. The molecule has 0 spiro atoms. The highest BCUT2D eigenvalue weighted by atomic mass is 19.4. The molecule has 1 amide bonds. The largest absolute Gasteiger partial charge is 0.493 e. The number of benzene rings is 3. The van der Waals surface area contributed by atoms with Crippen molar-refractivity contribution in [3.05, 3.63) is 101 Å². The van der Waals surface area contributed by atoms with E-state index in [1.165, 1.54) is 19.2 Å². The molecule has 0 saturated carbocycles. The van der Waals surface area contributed by atoms with Crippen LogP contribution in [0.5, 0.6) is 5.75 Å². The number of methoxy groups -OCH3 is 1. The van der Waals surface area contributed by atoms with Crippen molar-refractivity contribution in [1.29, 1.82) is 0 Å². The molecule has 0 radical (unpaired) electrons. The monoisotopic (exact) mass is 551 g/mol. The van der Waals surface area contributed by atoms with E-state index in [1.807, 2.05) is 38.1 Å². The lowest BCUT2D eigenvalue weighted by Crippen LogP contribution is -2.31. The van der Waals surface area contributed by atoms with Crippen LogP contribution in [0.1, 0.15) is 51.9 Å². The number of halogens is 3. The van der Waals surface area contributed by atoms with Gasteiger partial charge < -0.3 is 14.8 Å². The van der Waals surface area contributed by atoms with Gasteiger partial charge in [-0.3, -0.25) is 9.59 Å². The van der Waals surface area contributed by atoms with Gasteiger partial charge in [0.25, 0.3) is 5.91 Å². The van der Waals surface area contributed by atoms with Crippen LogP contribution in [-0.2, 0) is 21.1 Å². The third kappa shape index (κ3) is 6.55. The Morgan fingerprint density at radius 1 is 0.925 bits per heavy atom. The first-order chi connectivity index (χ1) is 19.0. The molecule has 0 atom stereocenters. The summed E-state index contributed by atoms with van der Waals surface area (Å²) in [4.78, 5) is 23.7. The Morgan fingerprint density at radius 2 is 1.52 bits per heavy atom. The molecular weight excluding hydrogens is 519 g/mol. The molecule has 3 aromatic carbocycles. The van der Waals surface area contributed by atoms with E-state index in [-0.39, 0.29) is 30.3 Å². The van der Waals surface area contributed by atoms with Crippen LogP contribution in [-0.4, -0.2) is 32.1 Å². The van der Waals surface area contributed by atoms with Gasteiger partial charge in [0.15, 0.2) is 0 Å². The minimum absolute atomic E-state index is 0.108. The van der Waals surface area contributed by atoms with Crippen LogP contribution in [0.2, 0.25) is 0 Å². The second kappa shape index (κ2) is 12.0. The van der Waals surface area contributed by atoms with Gasteiger partial charge in [-0.25, -0.2) is 0 Å². The van der Waals surface area contributed by atoms with E-state index in [9.17, 15) is 22.8 Å². The van der Waals surface area contributed by atoms with Gasteiger partial charge in [-0.15, -0.1) is 0 Å². The Bertz CT molecular complexity index is 1360. The molecule has 0 aliphatic heterocycles. The van der Waals surface area contributed by atoms with Gasteiger partial charge in [-0.05, 0) is 90.9 Å². The fraction of sp³-hybridized carbons (Fsp3) is 0.312. The van der Waals surface area contributed by atoms with E-state index < -0.39 is 11.7 Å². The Labute approximate surface area is 232 Å². The van der Waals surface area contributed by atoms with Crippen LogP contribution in [0.3, 0.4) is 0 Å². The fourth-order valence-electron chi connectivity index (χ4n) is 5.11. The number of hydrogen-bond donors (Lipinski definition) is 1. The zero-order valence-corrected chi connectivity index (χ0v) is 22.7. The molecular formula is C32H32F3NO4. The summed E-state index contributed by atoms with van der Waals surface area (Å²) in [6.45, 7) is 4.47. The van der Waals surface area contributed by atoms with Crippen LogP contribution in [0.4, 0.5) is 13.2 Å². The van der Waals surface area contributed by atoms with Crippen LogP contribution >= 0.6 is 0 Å². The van der Waals surface area contributed by atoms with Gasteiger partial charge in [-0.1, -0.05) is 36.4 Å². The average Bonchev–Trinajstić information content (AvgIpc) is 3.41. The minimum atomic E-state index is -4.37. The Hall–Kier alpha value is -4.07. The normalized spacial score (nSPS) is 14.2. The summed E-state index contributed by atoms with van der Waals surface area (Å²) in [5, 5.41) is 2.72. The third-order valence-electron chi connectivity index (χ3n) is 7.31. The van der Waals surface area contributed by atoms with Crippen molar-refractivity contribution in [2.24, 2.45) is 0 Å². The number of amides is 1. The summed E-state index contributed by atoms with van der Waals surface area (Å²) in [5.74, 6) is 0.0499. The topological polar surface area (TPSA) is 64.6 Å². The van der Waals surface area contributed by atoms with E-state index >= 15 is 0 Å². The first kappa shape index (κ1) is 28.9. The van der Waals surface area contributed by atoms with Crippen molar-refractivity contribution < 1.29 is 32.2 Å². The molecule has 40 heavy (non-hydrogen) atoms. The second-order valence-electron chi connectivity index (χ2n) is 10.1. The predicted octanol–water partition coefficient (Wildman–Crippen LogP) is 6.95. The lowest BCUT2D eigenvalue weighted by Gasteiger charge is -2.30. The number of allylic oxidation sites excluding steroid dienone is 2. The average molecular weight is 552 g/mol. The highest BCUT2D eigenvalue weighted by Gasteiger charge is 2.34. The van der Waals surface area contributed by atoms with Gasteiger partial charge in [0, 0.05) is 17.5 Å². The van der Waals surface area contributed by atoms with Crippen LogP contribution in [0, 0.1) is 13.8 Å². The number of nitrogens with one attached hydrogen (secondary N) is 1. The van der Waals surface area contributed by atoms with E-state index in [1.54, 1.807) is 12.1 Å². The summed E-state index contributed by atoms with van der Waals surface area (Å²) in [6.07, 6.45) is 1.57. The number of aryl methyl sites for hydroxylation is 2. The zero-order chi connectivity index (χ0) is 28.9. The number of esters is 1. The lowest BCUT2D eigenvalue weighted by atomic mass is 9.78. The quantitative estimate of drug-likeness (QED) is 0.231. The molecule has 8 heteroatoms. The highest BCUT2D eigenvalue weighted by molar-refractivity contribution is 5.94. The molecule has 1 aliphatic rings. The van der Waals surface area contributed by atoms with Gasteiger partial charge >= 0.3 is 12.1 Å². The molecule has 0 unspecified atom stereocenters. The molecule has 5 nitrogen and oxygen atoms in total. The maximum atomic E-state index is 13.0. The number of carbonyl (C=O) groups is 2. The predicted molar refractivity (Wildman–Crippen MR) is 147 cm³/mol. The van der Waals surface area contributed by atoms with Gasteiger partial charge in [-0.2, -0.15) is 13.2 Å². The van der Waals surface area contributed by atoms with Crippen LogP contribution < -0.4 is 10.1 Å². The second-order valence-corrected chi connectivity index (χ2v) is 10.1. The van der Waals surface area contributed by atoms with Crippen LogP contribution in [0.25, 0.3) is 11.1 Å². The smallest absolute Gasteiger partial charge is 0.416 e. The highest BCUT2D eigenvalue weighted by Crippen LogP contribution is 2.39. The lowest BCUT2D eigenvalue weighted by molar-refractivity contribution is -0.140. The van der Waals surface area contributed by atoms with Crippen LogP contribution in [0.15, 0.2) is 72.8 Å². The Kier molecular flexibility index (Phi) is 8.67. The zero-order valence-electron chi connectivity index (χ0n) is 22.7. The summed E-state index contributed by atoms with van der Waals surface area (Å²) in [5.41, 5.74) is 4.03. The SMILES string of the molecule is COC(=O)CCNC(=O)c1ccc(C2(COc3cc(C)c(-c4ccc(C(F)(F)F)cc4)c(C)c3)CC=CC2)cc1. The minimum Gasteiger partial charge on any atom is -0.493 e. The van der Waals surface area contributed by atoms with E-state index in [4.69, 9.17) is 4.74 Å². The standard InChI is InChI=1S/C32H32F3NO4/c1-21-18-27(19-22(2)29(21)23-6-12-26(13-7-23)32(33,34)35)40-20-31(15-4-5-16-31)25-10-8-24(9-11-25)30(38)36-17-14-28(37)39-3/h4-13,18-19H,14-17,20H2,1-3H3,(H,36,38). The van der Waals surface area contributed by atoms with Crippen molar-refractivity contribution in [3.8, 4) is 16.9 Å². The molecule has 3 aromatic rings. The van der Waals surface area contributed by atoms with Gasteiger partial charge in [0.05, 0.1) is 25.7 Å². The Morgan fingerprint density at radius 3 is 2.08 bits per heavy atom. The molecule has 4 rings (SSSR count). The summed E-state index contributed by atoms with van der Waals surface area (Å²) in [6, 6.07) is 16.5. The van der Waals surface area contributed by atoms with Crippen molar-refractivity contribution in [3.63, 3.8) is 0 Å². The van der Waals surface area contributed by atoms with Gasteiger partial charge in [0.2, 0.25) is 0 Å². The number of carbonyl (C=O) groups excluding carboxylic acids is 2. The molecule has 210 valence electrons. The number of hydrogen-bond acceptors (Lipinski definition) is 4. The molecule has 0 aromatic heterocycles.